The molecule has 1 aromatic carbocycles. The van der Waals surface area contributed by atoms with E-state index in [9.17, 15) is 0 Å². The maximum absolute atomic E-state index is 5.76. The molecule has 2 heterocycles. The van der Waals surface area contributed by atoms with Crippen molar-refractivity contribution in [1.82, 2.24) is 14.8 Å². The Morgan fingerprint density at radius 1 is 1.17 bits per heavy atom. The van der Waals surface area contributed by atoms with Gasteiger partial charge in [0.25, 0.3) is 0 Å². The molecule has 2 aromatic heterocycles. The van der Waals surface area contributed by atoms with Crippen molar-refractivity contribution in [3.05, 3.63) is 48.4 Å². The topological polar surface area (TPSA) is 43.2 Å². The van der Waals surface area contributed by atoms with Gasteiger partial charge in [-0.3, -0.25) is 9.67 Å². The Labute approximate surface area is 136 Å². The fourth-order valence-corrected chi connectivity index (χ4v) is 2.68. The van der Waals surface area contributed by atoms with Crippen molar-refractivity contribution < 1.29 is 4.74 Å². The van der Waals surface area contributed by atoms with E-state index in [0.717, 1.165) is 34.6 Å². The minimum atomic E-state index is 0.156. The number of benzene rings is 1. The molecule has 0 aliphatic rings. The van der Waals surface area contributed by atoms with Crippen molar-refractivity contribution in [2.45, 2.75) is 26.5 Å². The molecule has 5 nitrogen and oxygen atoms in total. The minimum absolute atomic E-state index is 0.156. The number of hydrogen-bond donors (Lipinski definition) is 0. The third-order valence-corrected chi connectivity index (χ3v) is 3.80. The Morgan fingerprint density at radius 2 is 2.00 bits per heavy atom. The molecule has 0 fully saturated rings. The molecule has 23 heavy (non-hydrogen) atoms. The van der Waals surface area contributed by atoms with Crippen LogP contribution in [0, 0.1) is 0 Å². The molecule has 5 heteroatoms. The lowest BCUT2D eigenvalue weighted by atomic mass is 10.1. The minimum Gasteiger partial charge on any atom is -0.491 e. The van der Waals surface area contributed by atoms with E-state index in [1.54, 1.807) is 0 Å². The summed E-state index contributed by atoms with van der Waals surface area (Å²) in [5.41, 5.74) is 3.25. The number of fused-ring (bicyclic) bond motifs is 1. The standard InChI is InChI=1S/C18H22N4O/c1-13(2)23-15-5-6-16-17(11-15)19-9-8-18(16)21(3)12-14-7-10-20-22(14)4/h5-11,13H,12H2,1-4H3. The fraction of sp³-hybridized carbons (Fsp3) is 0.333. The molecule has 0 N–H and O–H groups in total. The van der Waals surface area contributed by atoms with Crippen molar-refractivity contribution in [3.63, 3.8) is 0 Å². The van der Waals surface area contributed by atoms with Crippen LogP contribution in [-0.2, 0) is 13.6 Å². The molecule has 0 spiro atoms. The summed E-state index contributed by atoms with van der Waals surface area (Å²) < 4.78 is 7.66. The molecule has 0 saturated heterocycles. The monoisotopic (exact) mass is 310 g/mol. The summed E-state index contributed by atoms with van der Waals surface area (Å²) in [6, 6.07) is 10.2. The Hall–Kier alpha value is -2.56. The molecule has 120 valence electrons. The molecular weight excluding hydrogens is 288 g/mol. The van der Waals surface area contributed by atoms with Crippen molar-refractivity contribution in [1.29, 1.82) is 0 Å². The van der Waals surface area contributed by atoms with Gasteiger partial charge in [-0.2, -0.15) is 5.10 Å². The van der Waals surface area contributed by atoms with Gasteiger partial charge in [-0.15, -0.1) is 0 Å². The highest BCUT2D eigenvalue weighted by atomic mass is 16.5. The van der Waals surface area contributed by atoms with Crippen molar-refractivity contribution in [2.24, 2.45) is 7.05 Å². The fourth-order valence-electron chi connectivity index (χ4n) is 2.68. The van der Waals surface area contributed by atoms with Gasteiger partial charge in [0.15, 0.2) is 0 Å². The van der Waals surface area contributed by atoms with Crippen LogP contribution >= 0.6 is 0 Å². The van der Waals surface area contributed by atoms with E-state index in [2.05, 4.69) is 28.1 Å². The number of rotatable bonds is 5. The second kappa shape index (κ2) is 6.28. The third kappa shape index (κ3) is 3.28. The predicted molar refractivity (Wildman–Crippen MR) is 92.8 cm³/mol. The van der Waals surface area contributed by atoms with Crippen LogP contribution in [0.1, 0.15) is 19.5 Å². The van der Waals surface area contributed by atoms with Gasteiger partial charge in [0, 0.05) is 43.6 Å². The molecule has 3 aromatic rings. The van der Waals surface area contributed by atoms with E-state index in [1.165, 1.54) is 0 Å². The summed E-state index contributed by atoms with van der Waals surface area (Å²) in [5, 5.41) is 5.34. The lowest BCUT2D eigenvalue weighted by molar-refractivity contribution is 0.242. The maximum atomic E-state index is 5.76. The van der Waals surface area contributed by atoms with Crippen LogP contribution < -0.4 is 9.64 Å². The first-order valence-corrected chi connectivity index (χ1v) is 7.78. The molecule has 3 rings (SSSR count). The summed E-state index contributed by atoms with van der Waals surface area (Å²) in [5.74, 6) is 0.853. The molecule has 0 atom stereocenters. The van der Waals surface area contributed by atoms with Crippen molar-refractivity contribution in [3.8, 4) is 5.75 Å². The number of aryl methyl sites for hydroxylation is 1. The van der Waals surface area contributed by atoms with Crippen LogP contribution in [0.2, 0.25) is 0 Å². The highest BCUT2D eigenvalue weighted by Gasteiger charge is 2.10. The molecule has 0 unspecified atom stereocenters. The quantitative estimate of drug-likeness (QED) is 0.724. The molecule has 0 radical (unpaired) electrons. The Bertz CT molecular complexity index is 810. The average molecular weight is 310 g/mol. The summed E-state index contributed by atoms with van der Waals surface area (Å²) in [7, 11) is 4.05. The Morgan fingerprint density at radius 3 is 2.70 bits per heavy atom. The van der Waals surface area contributed by atoms with E-state index in [0.29, 0.717) is 0 Å². The first-order chi connectivity index (χ1) is 11.0. The van der Waals surface area contributed by atoms with Crippen LogP contribution in [0.4, 0.5) is 5.69 Å². The van der Waals surface area contributed by atoms with E-state index in [-0.39, 0.29) is 6.10 Å². The lowest BCUT2D eigenvalue weighted by Crippen LogP contribution is -2.19. The van der Waals surface area contributed by atoms with E-state index >= 15 is 0 Å². The second-order valence-electron chi connectivity index (χ2n) is 5.98. The zero-order valence-corrected chi connectivity index (χ0v) is 14.0. The highest BCUT2D eigenvalue weighted by Crippen LogP contribution is 2.28. The van der Waals surface area contributed by atoms with E-state index in [1.807, 2.05) is 62.2 Å². The lowest BCUT2D eigenvalue weighted by Gasteiger charge is -2.21. The van der Waals surface area contributed by atoms with Crippen molar-refractivity contribution >= 4 is 16.6 Å². The summed E-state index contributed by atoms with van der Waals surface area (Å²) in [6.07, 6.45) is 3.82. The SMILES string of the molecule is CC(C)Oc1ccc2c(N(C)Cc3ccnn3C)ccnc2c1. The first-order valence-electron chi connectivity index (χ1n) is 7.78. The molecular formula is C18H22N4O. The largest absolute Gasteiger partial charge is 0.491 e. The molecule has 0 amide bonds. The molecule has 0 saturated carbocycles. The Balaban J connectivity index is 1.92. The van der Waals surface area contributed by atoms with Crippen LogP contribution in [0.5, 0.6) is 5.75 Å². The van der Waals surface area contributed by atoms with Crippen LogP contribution in [-0.4, -0.2) is 27.9 Å². The zero-order valence-electron chi connectivity index (χ0n) is 14.0. The summed E-state index contributed by atoms with van der Waals surface area (Å²) >= 11 is 0. The van der Waals surface area contributed by atoms with E-state index in [4.69, 9.17) is 4.74 Å². The number of pyridine rings is 1. The second-order valence-corrected chi connectivity index (χ2v) is 5.98. The predicted octanol–water partition coefficient (Wildman–Crippen LogP) is 3.39. The first kappa shape index (κ1) is 15.3. The number of aromatic nitrogens is 3. The third-order valence-electron chi connectivity index (χ3n) is 3.80. The molecule has 0 aliphatic carbocycles. The zero-order chi connectivity index (χ0) is 16.4. The number of hydrogen-bond acceptors (Lipinski definition) is 4. The van der Waals surface area contributed by atoms with Gasteiger partial charge in [0.1, 0.15) is 5.75 Å². The van der Waals surface area contributed by atoms with Gasteiger partial charge in [-0.05, 0) is 38.1 Å². The average Bonchev–Trinajstić information content (AvgIpc) is 2.91. The number of anilines is 1. The van der Waals surface area contributed by atoms with Crippen LogP contribution in [0.25, 0.3) is 10.9 Å². The normalized spacial score (nSPS) is 11.2. The van der Waals surface area contributed by atoms with E-state index < -0.39 is 0 Å². The molecule has 0 aliphatic heterocycles. The summed E-state index contributed by atoms with van der Waals surface area (Å²) in [6.45, 7) is 4.84. The van der Waals surface area contributed by atoms with Crippen LogP contribution in [0.3, 0.4) is 0 Å². The van der Waals surface area contributed by atoms with Crippen LogP contribution in [0.15, 0.2) is 42.7 Å². The maximum Gasteiger partial charge on any atom is 0.121 e. The van der Waals surface area contributed by atoms with Gasteiger partial charge < -0.3 is 9.64 Å². The highest BCUT2D eigenvalue weighted by molar-refractivity contribution is 5.92. The summed E-state index contributed by atoms with van der Waals surface area (Å²) in [4.78, 5) is 6.69. The Kier molecular flexibility index (Phi) is 4.19. The number of nitrogens with zero attached hydrogens (tertiary/aromatic N) is 4. The van der Waals surface area contributed by atoms with Gasteiger partial charge >= 0.3 is 0 Å². The number of ether oxygens (including phenoxy) is 1. The van der Waals surface area contributed by atoms with Gasteiger partial charge in [0.2, 0.25) is 0 Å². The van der Waals surface area contributed by atoms with Crippen molar-refractivity contribution in [2.75, 3.05) is 11.9 Å². The van der Waals surface area contributed by atoms with Gasteiger partial charge in [-0.1, -0.05) is 0 Å². The van der Waals surface area contributed by atoms with Gasteiger partial charge in [-0.25, -0.2) is 0 Å². The smallest absolute Gasteiger partial charge is 0.121 e. The molecule has 0 bridgehead atoms. The van der Waals surface area contributed by atoms with Gasteiger partial charge in [0.05, 0.1) is 23.9 Å².